The monoisotopic (exact) mass is 428 g/mol. The van der Waals surface area contributed by atoms with E-state index in [0.29, 0.717) is 18.8 Å². The molecule has 1 aromatic rings. The van der Waals surface area contributed by atoms with E-state index in [2.05, 4.69) is 12.2 Å². The highest BCUT2D eigenvalue weighted by molar-refractivity contribution is 5.72. The molecule has 4 atom stereocenters. The highest BCUT2D eigenvalue weighted by atomic mass is 16.4. The maximum Gasteiger partial charge on any atom is 0.322 e. The number of hydrogen-bond donors (Lipinski definition) is 7. The Kier molecular flexibility index (Phi) is 12.5. The summed E-state index contributed by atoms with van der Waals surface area (Å²) in [5, 5.41) is 60.2. The fourth-order valence-electron chi connectivity index (χ4n) is 3.10. The number of carboxylic acid groups (broad SMARTS) is 1. The number of carbonyl (C=O) groups is 1. The Labute approximate surface area is 177 Å². The van der Waals surface area contributed by atoms with Gasteiger partial charge >= 0.3 is 5.97 Å². The van der Waals surface area contributed by atoms with Gasteiger partial charge in [0.05, 0.1) is 12.7 Å². The van der Waals surface area contributed by atoms with Crippen LogP contribution in [0.1, 0.15) is 38.2 Å². The molecule has 30 heavy (non-hydrogen) atoms. The van der Waals surface area contributed by atoms with E-state index >= 15 is 0 Å². The zero-order valence-electron chi connectivity index (χ0n) is 17.5. The molecule has 0 aliphatic carbocycles. The largest absolute Gasteiger partial charge is 0.480 e. The SMILES string of the molecule is CCCCCCN(Cc1ccc(NCC(=O)O)cc1)CC(O)C(O)C(O)C(O)CO. The van der Waals surface area contributed by atoms with Gasteiger partial charge in [0.2, 0.25) is 0 Å². The molecule has 9 nitrogen and oxygen atoms in total. The topological polar surface area (TPSA) is 154 Å². The molecule has 0 saturated heterocycles. The van der Waals surface area contributed by atoms with Crippen LogP contribution in [-0.4, -0.2) is 92.2 Å². The number of hydrogen-bond acceptors (Lipinski definition) is 8. The van der Waals surface area contributed by atoms with Crippen LogP contribution in [0.25, 0.3) is 0 Å². The molecule has 0 fully saturated rings. The van der Waals surface area contributed by atoms with E-state index in [-0.39, 0.29) is 13.1 Å². The van der Waals surface area contributed by atoms with E-state index < -0.39 is 37.0 Å². The highest BCUT2D eigenvalue weighted by Gasteiger charge is 2.31. The maximum atomic E-state index is 10.6. The lowest BCUT2D eigenvalue weighted by Crippen LogP contribution is -2.49. The number of unbranched alkanes of at least 4 members (excludes halogenated alkanes) is 3. The van der Waals surface area contributed by atoms with Crippen LogP contribution in [0.2, 0.25) is 0 Å². The van der Waals surface area contributed by atoms with Gasteiger partial charge in [-0.1, -0.05) is 38.3 Å². The Balaban J connectivity index is 2.73. The second-order valence-electron chi connectivity index (χ2n) is 7.54. The molecule has 0 saturated carbocycles. The molecule has 7 N–H and O–H groups in total. The number of aliphatic hydroxyl groups is 5. The molecule has 172 valence electrons. The smallest absolute Gasteiger partial charge is 0.322 e. The zero-order chi connectivity index (χ0) is 22.5. The number of carboxylic acids is 1. The molecule has 1 rings (SSSR count). The summed E-state index contributed by atoms with van der Waals surface area (Å²) in [4.78, 5) is 12.6. The van der Waals surface area contributed by atoms with Crippen molar-refractivity contribution in [3.8, 4) is 0 Å². The lowest BCUT2D eigenvalue weighted by molar-refractivity contribution is -0.134. The van der Waals surface area contributed by atoms with E-state index in [1.54, 1.807) is 12.1 Å². The van der Waals surface area contributed by atoms with Crippen molar-refractivity contribution in [1.29, 1.82) is 0 Å². The first kappa shape index (κ1) is 26.3. The quantitative estimate of drug-likeness (QED) is 0.180. The summed E-state index contributed by atoms with van der Waals surface area (Å²) in [6.45, 7) is 2.49. The summed E-state index contributed by atoms with van der Waals surface area (Å²) in [7, 11) is 0. The van der Waals surface area contributed by atoms with Crippen molar-refractivity contribution in [2.75, 3.05) is 31.6 Å². The van der Waals surface area contributed by atoms with Crippen LogP contribution in [0.5, 0.6) is 0 Å². The van der Waals surface area contributed by atoms with Crippen molar-refractivity contribution in [1.82, 2.24) is 4.90 Å². The van der Waals surface area contributed by atoms with Gasteiger partial charge in [-0.05, 0) is 30.7 Å². The first-order chi connectivity index (χ1) is 14.3. The fourth-order valence-corrected chi connectivity index (χ4v) is 3.10. The van der Waals surface area contributed by atoms with Crippen molar-refractivity contribution >= 4 is 11.7 Å². The Morgan fingerprint density at radius 3 is 2.20 bits per heavy atom. The molecule has 1 aromatic carbocycles. The van der Waals surface area contributed by atoms with Crippen LogP contribution in [-0.2, 0) is 11.3 Å². The van der Waals surface area contributed by atoms with E-state index in [1.165, 1.54) is 0 Å². The molecule has 0 spiro atoms. The predicted octanol–water partition coefficient (Wildman–Crippen LogP) is 0.00130. The summed E-state index contributed by atoms with van der Waals surface area (Å²) in [5.74, 6) is -0.946. The van der Waals surface area contributed by atoms with Crippen LogP contribution in [0.3, 0.4) is 0 Å². The average Bonchev–Trinajstić information content (AvgIpc) is 2.74. The minimum atomic E-state index is -1.65. The Bertz CT molecular complexity index is 600. The van der Waals surface area contributed by atoms with Gasteiger partial charge in [-0.25, -0.2) is 0 Å². The van der Waals surface area contributed by atoms with Gasteiger partial charge < -0.3 is 36.0 Å². The van der Waals surface area contributed by atoms with Crippen molar-refractivity contribution in [3.63, 3.8) is 0 Å². The van der Waals surface area contributed by atoms with Crippen LogP contribution in [0, 0.1) is 0 Å². The van der Waals surface area contributed by atoms with Gasteiger partial charge in [0.1, 0.15) is 24.9 Å². The van der Waals surface area contributed by atoms with Gasteiger partial charge in [-0.3, -0.25) is 9.69 Å². The first-order valence-electron chi connectivity index (χ1n) is 10.4. The minimum absolute atomic E-state index is 0.0848. The molecule has 0 amide bonds. The molecule has 9 heteroatoms. The van der Waals surface area contributed by atoms with Gasteiger partial charge in [0, 0.05) is 18.8 Å². The summed E-state index contributed by atoms with van der Waals surface area (Å²) in [6, 6.07) is 7.27. The number of anilines is 1. The van der Waals surface area contributed by atoms with Gasteiger partial charge in [-0.15, -0.1) is 0 Å². The number of benzene rings is 1. The molecular formula is C21H36N2O7. The summed E-state index contributed by atoms with van der Waals surface area (Å²) >= 11 is 0. The third-order valence-corrected chi connectivity index (χ3v) is 4.90. The number of nitrogens with one attached hydrogen (secondary N) is 1. The van der Waals surface area contributed by atoms with Crippen LogP contribution >= 0.6 is 0 Å². The Hall–Kier alpha value is -1.75. The molecular weight excluding hydrogens is 392 g/mol. The van der Waals surface area contributed by atoms with Crippen LogP contribution in [0.4, 0.5) is 5.69 Å². The fraction of sp³-hybridized carbons (Fsp3) is 0.667. The van der Waals surface area contributed by atoms with E-state index in [9.17, 15) is 25.2 Å². The molecule has 0 aliphatic heterocycles. The number of aliphatic hydroxyl groups excluding tert-OH is 5. The van der Waals surface area contributed by atoms with Crippen molar-refractivity contribution in [2.24, 2.45) is 0 Å². The predicted molar refractivity (Wildman–Crippen MR) is 113 cm³/mol. The number of aliphatic carboxylic acids is 1. The number of rotatable bonds is 16. The normalized spacial score (nSPS) is 15.6. The summed E-state index contributed by atoms with van der Waals surface area (Å²) < 4.78 is 0. The van der Waals surface area contributed by atoms with Gasteiger partial charge in [-0.2, -0.15) is 0 Å². The van der Waals surface area contributed by atoms with Crippen molar-refractivity contribution in [3.05, 3.63) is 29.8 Å². The second-order valence-corrected chi connectivity index (χ2v) is 7.54. The Morgan fingerprint density at radius 1 is 1.00 bits per heavy atom. The molecule has 4 unspecified atom stereocenters. The second kappa shape index (κ2) is 14.3. The maximum absolute atomic E-state index is 10.6. The molecule has 0 aliphatic rings. The average molecular weight is 429 g/mol. The van der Waals surface area contributed by atoms with Crippen LogP contribution < -0.4 is 5.32 Å². The highest BCUT2D eigenvalue weighted by Crippen LogP contribution is 2.14. The third-order valence-electron chi connectivity index (χ3n) is 4.90. The van der Waals surface area contributed by atoms with E-state index in [0.717, 1.165) is 31.2 Å². The van der Waals surface area contributed by atoms with Gasteiger partial charge in [0.25, 0.3) is 0 Å². The van der Waals surface area contributed by atoms with Gasteiger partial charge in [0.15, 0.2) is 0 Å². The van der Waals surface area contributed by atoms with Crippen molar-refractivity contribution in [2.45, 2.75) is 63.6 Å². The molecule has 0 aromatic heterocycles. The molecule has 0 radical (unpaired) electrons. The summed E-state index contributed by atoms with van der Waals surface area (Å²) in [5.41, 5.74) is 1.64. The third kappa shape index (κ3) is 9.84. The molecule has 0 bridgehead atoms. The van der Waals surface area contributed by atoms with E-state index in [1.807, 2.05) is 17.0 Å². The van der Waals surface area contributed by atoms with Crippen molar-refractivity contribution < 1.29 is 35.4 Å². The lowest BCUT2D eigenvalue weighted by atomic mass is 10.0. The zero-order valence-corrected chi connectivity index (χ0v) is 17.5. The van der Waals surface area contributed by atoms with Crippen LogP contribution in [0.15, 0.2) is 24.3 Å². The lowest BCUT2D eigenvalue weighted by Gasteiger charge is -2.30. The minimum Gasteiger partial charge on any atom is -0.480 e. The summed E-state index contributed by atoms with van der Waals surface area (Å²) in [6.07, 6.45) is -1.92. The standard InChI is InChI=1S/C21H36N2O7/c1-2-3-4-5-10-23(13-17(25)20(29)21(30)18(26)14-24)12-15-6-8-16(9-7-15)22-11-19(27)28/h6-9,17-18,20-22,24-26,29-30H,2-5,10-14H2,1H3,(H,27,28). The Morgan fingerprint density at radius 2 is 1.63 bits per heavy atom. The molecule has 0 heterocycles. The first-order valence-corrected chi connectivity index (χ1v) is 10.4. The van der Waals surface area contributed by atoms with E-state index in [4.69, 9.17) is 10.2 Å². The number of nitrogens with zero attached hydrogens (tertiary/aromatic N) is 1.